The fourth-order valence-electron chi connectivity index (χ4n) is 6.00. The van der Waals surface area contributed by atoms with Gasteiger partial charge in [-0.15, -0.1) is 5.10 Å². The third-order valence-electron chi connectivity index (χ3n) is 8.44. The maximum absolute atomic E-state index is 14.0. The molecule has 1 amide bonds. The molecule has 6 aromatic rings. The third-order valence-corrected chi connectivity index (χ3v) is 8.68. The maximum atomic E-state index is 14.0. The van der Waals surface area contributed by atoms with Crippen molar-refractivity contribution in [2.45, 2.75) is 37.5 Å². The van der Waals surface area contributed by atoms with E-state index < -0.39 is 11.3 Å². The molecule has 7 rings (SSSR count). The van der Waals surface area contributed by atoms with Gasteiger partial charge in [0.2, 0.25) is 5.91 Å². The van der Waals surface area contributed by atoms with Crippen molar-refractivity contribution in [3.05, 3.63) is 107 Å². The lowest BCUT2D eigenvalue weighted by Crippen LogP contribution is -2.36. The average molecular weight is 663 g/mol. The van der Waals surface area contributed by atoms with E-state index in [0.717, 1.165) is 5.56 Å². The lowest BCUT2D eigenvalue weighted by atomic mass is 9.49. The summed E-state index contributed by atoms with van der Waals surface area (Å²) < 4.78 is 4.43. The highest BCUT2D eigenvalue weighted by Crippen LogP contribution is 2.35. The van der Waals surface area contributed by atoms with Crippen LogP contribution in [0.25, 0.3) is 39.7 Å². The number of rotatable bonds is 5. The number of aromatic nitrogens is 9. The number of hydrogen-bond acceptors (Lipinski definition) is 8. The number of nitrogens with zero attached hydrogens (tertiary/aromatic N) is 9. The fraction of sp³-hybridized carbons (Fsp3) is 0.212. The molecule has 2 aromatic carbocycles. The van der Waals surface area contributed by atoms with Gasteiger partial charge in [-0.05, 0) is 54.0 Å². The minimum absolute atomic E-state index is 0.179. The number of hydrogen-bond donors (Lipinski definition) is 1. The van der Waals surface area contributed by atoms with Crippen LogP contribution in [-0.2, 0) is 10.0 Å². The predicted molar refractivity (Wildman–Crippen MR) is 188 cm³/mol. The number of fused-ring (bicyclic) bond motifs is 4. The molecule has 2 atom stereocenters. The Morgan fingerprint density at radius 1 is 0.959 bits per heavy atom. The Morgan fingerprint density at radius 3 is 2.55 bits per heavy atom. The van der Waals surface area contributed by atoms with Crippen molar-refractivity contribution in [1.82, 2.24) is 44.3 Å². The summed E-state index contributed by atoms with van der Waals surface area (Å²) in [6.45, 7) is 1.86. The Hall–Kier alpha value is -5.30. The number of amides is 1. The van der Waals surface area contributed by atoms with E-state index in [1.54, 1.807) is 52.1 Å². The molecule has 49 heavy (non-hydrogen) atoms. The van der Waals surface area contributed by atoms with Crippen LogP contribution >= 0.6 is 11.6 Å². The van der Waals surface area contributed by atoms with Gasteiger partial charge < -0.3 is 5.32 Å². The van der Waals surface area contributed by atoms with Gasteiger partial charge in [0.05, 0.1) is 71.1 Å². The van der Waals surface area contributed by atoms with E-state index in [4.69, 9.17) is 40.1 Å². The number of nitrogens with one attached hydrogen (secondary N) is 1. The molecule has 1 aliphatic rings. The molecular weight excluding hydrogens is 636 g/mol. The molecule has 0 aliphatic carbocycles. The van der Waals surface area contributed by atoms with Crippen LogP contribution in [0, 0.1) is 5.92 Å². The Bertz CT molecular complexity index is 2230. The molecule has 1 N–H and O–H groups in total. The van der Waals surface area contributed by atoms with Crippen LogP contribution in [0.3, 0.4) is 0 Å². The first-order valence-corrected chi connectivity index (χ1v) is 15.9. The van der Waals surface area contributed by atoms with E-state index in [9.17, 15) is 9.59 Å². The summed E-state index contributed by atoms with van der Waals surface area (Å²) in [4.78, 5) is 40.4. The van der Waals surface area contributed by atoms with Crippen LogP contribution in [-0.4, -0.2) is 73.7 Å². The van der Waals surface area contributed by atoms with Crippen molar-refractivity contribution in [3.63, 3.8) is 0 Å². The van der Waals surface area contributed by atoms with Gasteiger partial charge in [-0.25, -0.2) is 19.6 Å². The molecule has 236 valence electrons. The van der Waals surface area contributed by atoms with Crippen molar-refractivity contribution in [2.75, 3.05) is 5.32 Å². The van der Waals surface area contributed by atoms with Gasteiger partial charge in [0.1, 0.15) is 0 Å². The van der Waals surface area contributed by atoms with Gasteiger partial charge >= 0.3 is 0 Å². The van der Waals surface area contributed by atoms with Gasteiger partial charge in [0, 0.05) is 40.5 Å². The van der Waals surface area contributed by atoms with E-state index in [2.05, 4.69) is 30.7 Å². The minimum Gasteiger partial charge on any atom is -0.323 e. The van der Waals surface area contributed by atoms with E-state index in [1.807, 2.05) is 31.2 Å². The van der Waals surface area contributed by atoms with E-state index in [-0.39, 0.29) is 17.4 Å². The van der Waals surface area contributed by atoms with E-state index >= 15 is 0 Å². The van der Waals surface area contributed by atoms with Crippen molar-refractivity contribution in [1.29, 1.82) is 0 Å². The van der Waals surface area contributed by atoms with Crippen LogP contribution in [0.15, 0.2) is 90.5 Å². The third kappa shape index (κ3) is 6.45. The van der Waals surface area contributed by atoms with Crippen molar-refractivity contribution >= 4 is 46.7 Å². The van der Waals surface area contributed by atoms with Gasteiger partial charge in [-0.1, -0.05) is 48.4 Å². The van der Waals surface area contributed by atoms with Crippen molar-refractivity contribution in [2.24, 2.45) is 5.92 Å². The first-order chi connectivity index (χ1) is 23.6. The monoisotopic (exact) mass is 662 g/mol. The highest BCUT2D eigenvalue weighted by atomic mass is 35.5. The van der Waals surface area contributed by atoms with Gasteiger partial charge in [-0.3, -0.25) is 18.8 Å². The molecule has 6 radical (unpaired) electrons. The molecule has 0 saturated carbocycles. The largest absolute Gasteiger partial charge is 0.323 e. The topological polar surface area (TPSA) is 138 Å². The molecule has 4 aromatic heterocycles. The zero-order chi connectivity index (χ0) is 34.3. The van der Waals surface area contributed by atoms with Crippen LogP contribution in [0.5, 0.6) is 0 Å². The second kappa shape index (κ2) is 13.0. The van der Waals surface area contributed by atoms with Gasteiger partial charge in [0.25, 0.3) is 5.56 Å². The molecule has 5 heterocycles. The first kappa shape index (κ1) is 32.3. The number of anilines is 1. The summed E-state index contributed by atoms with van der Waals surface area (Å²) in [6, 6.07) is 15.6. The fourth-order valence-corrected chi connectivity index (χ4v) is 6.17. The number of halogens is 1. The Balaban J connectivity index is 1.29. The zero-order valence-electron chi connectivity index (χ0n) is 26.3. The first-order valence-electron chi connectivity index (χ1n) is 15.5. The minimum atomic E-state index is -1.84. The molecule has 1 aliphatic heterocycles. The summed E-state index contributed by atoms with van der Waals surface area (Å²) in [5.74, 6) is -0.0746. The number of carbonyl (C=O) groups is 1. The molecule has 12 nitrogen and oxygen atoms in total. The van der Waals surface area contributed by atoms with Gasteiger partial charge in [-0.2, -0.15) is 5.10 Å². The zero-order valence-corrected chi connectivity index (χ0v) is 27.1. The predicted octanol–water partition coefficient (Wildman–Crippen LogP) is 3.89. The summed E-state index contributed by atoms with van der Waals surface area (Å²) in [5, 5.41) is 14.4. The Morgan fingerprint density at radius 2 is 1.78 bits per heavy atom. The molecule has 0 spiro atoms. The second-order valence-electron chi connectivity index (χ2n) is 12.0. The highest BCUT2D eigenvalue weighted by molar-refractivity contribution is 6.56. The Labute approximate surface area is 290 Å². The molecule has 2 bridgehead atoms. The van der Waals surface area contributed by atoms with E-state index in [0.29, 0.717) is 69.7 Å². The summed E-state index contributed by atoms with van der Waals surface area (Å²) in [5.41, 5.74) is 4.15. The van der Waals surface area contributed by atoms with Crippen LogP contribution in [0.4, 0.5) is 5.69 Å². The summed E-state index contributed by atoms with van der Waals surface area (Å²) in [6.07, 6.45) is 9.77. The maximum Gasteiger partial charge on any atom is 0.254 e. The van der Waals surface area contributed by atoms with E-state index in [1.165, 1.54) is 23.3 Å². The normalized spacial score (nSPS) is 16.7. The van der Waals surface area contributed by atoms with Crippen LogP contribution in [0.2, 0.25) is 5.02 Å². The van der Waals surface area contributed by atoms with Crippen LogP contribution in [0.1, 0.15) is 37.8 Å². The smallest absolute Gasteiger partial charge is 0.254 e. The second-order valence-corrected chi connectivity index (χ2v) is 12.4. The average Bonchev–Trinajstić information content (AvgIpc) is 3.75. The molecular formula is C33H26B3ClN10O2. The van der Waals surface area contributed by atoms with Crippen molar-refractivity contribution in [3.8, 4) is 39.7 Å². The number of carbonyl (C=O) groups excluding carboxylic acids is 1. The Kier molecular flexibility index (Phi) is 8.53. The SMILES string of the molecule is [B]C([B])([B])n1ncc2c1-c1cccc(c1)[C@@H](n1cnc(-c3cc(Cl)ccc3-n3cc(-c4ncccn4)nn3)cc1=O)CCC[C@@H](C)C(=O)N2. The highest BCUT2D eigenvalue weighted by Gasteiger charge is 2.26. The molecule has 16 heteroatoms. The summed E-state index contributed by atoms with van der Waals surface area (Å²) >= 11 is 6.43. The van der Waals surface area contributed by atoms with Gasteiger partial charge in [0.15, 0.2) is 11.5 Å². The van der Waals surface area contributed by atoms with Crippen LogP contribution < -0.4 is 10.9 Å². The lowest BCUT2D eigenvalue weighted by molar-refractivity contribution is -0.119. The lowest BCUT2D eigenvalue weighted by Gasteiger charge is -2.26. The molecule has 0 fully saturated rings. The number of benzene rings is 2. The standard InChI is InChI=1S/C33H26B3ClN10O2/c1-19-5-2-8-27(20-6-3-7-21(13-20)30-25(42-32(19)49)16-41-47(30)33(34,35)36)45-18-40-24(15-29(45)48)23-14-22(37)9-10-28(23)46-17-26(43-44-46)31-38-11-4-12-39-31/h3-4,6-7,9-19,27H,2,5,8H2,1H3,(H,42,49)/t19-,27+/m1/s1. The molecule has 0 unspecified atom stereocenters. The quantitative estimate of drug-likeness (QED) is 0.275. The molecule has 0 saturated heterocycles. The summed E-state index contributed by atoms with van der Waals surface area (Å²) in [7, 11) is 18.2. The van der Waals surface area contributed by atoms with Crippen molar-refractivity contribution < 1.29 is 4.79 Å².